The van der Waals surface area contributed by atoms with E-state index in [2.05, 4.69) is 6.92 Å². The van der Waals surface area contributed by atoms with Crippen LogP contribution in [0.1, 0.15) is 71.1 Å². The summed E-state index contributed by atoms with van der Waals surface area (Å²) in [6, 6.07) is 0. The van der Waals surface area contributed by atoms with Gasteiger partial charge in [0, 0.05) is 0 Å². The minimum Gasteiger partial charge on any atom is -0.366 e. The summed E-state index contributed by atoms with van der Waals surface area (Å²) in [6.07, 6.45) is 13.6. The molecule has 0 amide bonds. The van der Waals surface area contributed by atoms with E-state index in [1.54, 1.807) is 0 Å². The first-order chi connectivity index (χ1) is 8.62. The Balaban J connectivity index is 3.16. The fourth-order valence-electron chi connectivity index (χ4n) is 2.20. The van der Waals surface area contributed by atoms with Crippen LogP contribution in [0.25, 0.3) is 0 Å². The van der Waals surface area contributed by atoms with Gasteiger partial charge in [0.15, 0.2) is 0 Å². The Morgan fingerprint density at radius 3 is 1.67 bits per heavy atom. The van der Waals surface area contributed by atoms with Gasteiger partial charge in [-0.15, -0.1) is 0 Å². The molecule has 0 saturated heterocycles. The van der Waals surface area contributed by atoms with Crippen molar-refractivity contribution in [3.63, 3.8) is 0 Å². The van der Waals surface area contributed by atoms with E-state index in [-0.39, 0.29) is 6.79 Å². The lowest BCUT2D eigenvalue weighted by Gasteiger charge is -2.25. The van der Waals surface area contributed by atoms with Gasteiger partial charge in [-0.05, 0) is 12.8 Å². The second-order valence-corrected chi connectivity index (χ2v) is 5.74. The number of unbranched alkanes of at least 4 members (excludes halogenated alkanes) is 9. The summed E-state index contributed by atoms with van der Waals surface area (Å²) in [4.78, 5) is 5.20. The summed E-state index contributed by atoms with van der Waals surface area (Å²) < 4.78 is 0.466. The smallest absolute Gasteiger partial charge is 0.202 e. The molecule has 0 radical (unpaired) electrons. The summed E-state index contributed by atoms with van der Waals surface area (Å²) in [6.45, 7) is 3.06. The summed E-state index contributed by atoms with van der Waals surface area (Å²) in [5.74, 6) is 0. The monoisotopic (exact) mass is 260 g/mol. The van der Waals surface area contributed by atoms with Gasteiger partial charge in [-0.3, -0.25) is 0 Å². The number of quaternary nitrogens is 1. The normalized spacial score (nSPS) is 12.0. The second-order valence-electron chi connectivity index (χ2n) is 5.74. The predicted molar refractivity (Wildman–Crippen MR) is 77.0 cm³/mol. The molecule has 0 atom stereocenters. The highest BCUT2D eigenvalue weighted by atomic mass is 16.8. The van der Waals surface area contributed by atoms with E-state index in [0.29, 0.717) is 4.65 Å². The Labute approximate surface area is 114 Å². The molecule has 3 nitrogen and oxygen atoms in total. The zero-order valence-corrected chi connectivity index (χ0v) is 12.8. The molecule has 0 aromatic carbocycles. The van der Waals surface area contributed by atoms with Crippen molar-refractivity contribution in [2.24, 2.45) is 0 Å². The average Bonchev–Trinajstić information content (AvgIpc) is 2.31. The number of nitrogens with zero attached hydrogens (tertiary/aromatic N) is 1. The Morgan fingerprint density at radius 2 is 1.22 bits per heavy atom. The molecule has 0 rings (SSSR count). The first kappa shape index (κ1) is 17.9. The third-order valence-electron chi connectivity index (χ3n) is 3.46. The number of hydroxylamine groups is 3. The van der Waals surface area contributed by atoms with Gasteiger partial charge < -0.3 is 5.11 Å². The maximum atomic E-state index is 8.73. The van der Waals surface area contributed by atoms with Crippen molar-refractivity contribution in [3.8, 4) is 0 Å². The molecule has 0 fully saturated rings. The lowest BCUT2D eigenvalue weighted by atomic mass is 10.1. The molecular formula is C15H34NO2+. The molecule has 0 spiro atoms. The van der Waals surface area contributed by atoms with E-state index in [1.165, 1.54) is 64.2 Å². The molecule has 0 unspecified atom stereocenters. The van der Waals surface area contributed by atoms with E-state index >= 15 is 0 Å². The topological polar surface area (TPSA) is 29.5 Å². The molecule has 18 heavy (non-hydrogen) atoms. The molecule has 110 valence electrons. The summed E-state index contributed by atoms with van der Waals surface area (Å²) in [5.41, 5.74) is 0. The largest absolute Gasteiger partial charge is 0.366 e. The SMILES string of the molecule is CCCCCCCCCCCC[N+](C)(C)OCO. The van der Waals surface area contributed by atoms with Gasteiger partial charge in [0.1, 0.15) is 6.54 Å². The highest BCUT2D eigenvalue weighted by Crippen LogP contribution is 2.11. The van der Waals surface area contributed by atoms with Crippen LogP contribution >= 0.6 is 0 Å². The van der Waals surface area contributed by atoms with Gasteiger partial charge in [0.05, 0.1) is 14.1 Å². The molecule has 0 heterocycles. The molecule has 0 bridgehead atoms. The number of hydrogen-bond donors (Lipinski definition) is 1. The van der Waals surface area contributed by atoms with Crippen LogP contribution in [0, 0.1) is 0 Å². The Kier molecular flexibility index (Phi) is 11.9. The van der Waals surface area contributed by atoms with Crippen LogP contribution in [0.3, 0.4) is 0 Å². The quantitative estimate of drug-likeness (QED) is 0.236. The number of hydrogen-bond acceptors (Lipinski definition) is 2. The minimum atomic E-state index is -0.190. The van der Waals surface area contributed by atoms with Crippen molar-refractivity contribution >= 4 is 0 Å². The Morgan fingerprint density at radius 1 is 0.778 bits per heavy atom. The van der Waals surface area contributed by atoms with Crippen molar-refractivity contribution in [3.05, 3.63) is 0 Å². The molecular weight excluding hydrogens is 226 g/mol. The first-order valence-electron chi connectivity index (χ1n) is 7.71. The van der Waals surface area contributed by atoms with Crippen molar-refractivity contribution in [2.75, 3.05) is 27.4 Å². The van der Waals surface area contributed by atoms with E-state index < -0.39 is 0 Å². The maximum Gasteiger partial charge on any atom is 0.202 e. The van der Waals surface area contributed by atoms with Crippen LogP contribution in [-0.4, -0.2) is 37.2 Å². The van der Waals surface area contributed by atoms with Crippen molar-refractivity contribution in [1.82, 2.24) is 0 Å². The van der Waals surface area contributed by atoms with Crippen molar-refractivity contribution in [1.29, 1.82) is 0 Å². The van der Waals surface area contributed by atoms with Gasteiger partial charge in [-0.25, -0.2) is 0 Å². The fourth-order valence-corrected chi connectivity index (χ4v) is 2.20. The van der Waals surface area contributed by atoms with Crippen LogP contribution < -0.4 is 0 Å². The fraction of sp³-hybridized carbons (Fsp3) is 1.00. The van der Waals surface area contributed by atoms with Crippen LogP contribution in [0.5, 0.6) is 0 Å². The molecule has 0 aromatic rings. The predicted octanol–water partition coefficient (Wildman–Crippen LogP) is 3.87. The standard InChI is InChI=1S/C15H34NO2/c1-4-5-6-7-8-9-10-11-12-13-14-16(2,3)18-15-17/h17H,4-15H2,1-3H3/q+1. The van der Waals surface area contributed by atoms with Gasteiger partial charge in [0.2, 0.25) is 6.79 Å². The molecule has 0 aromatic heterocycles. The van der Waals surface area contributed by atoms with Crippen LogP contribution in [0.4, 0.5) is 0 Å². The van der Waals surface area contributed by atoms with E-state index in [1.807, 2.05) is 14.1 Å². The maximum absolute atomic E-state index is 8.73. The van der Waals surface area contributed by atoms with Crippen LogP contribution in [-0.2, 0) is 4.84 Å². The summed E-state index contributed by atoms with van der Waals surface area (Å²) in [5, 5.41) is 8.73. The molecule has 0 aliphatic carbocycles. The summed E-state index contributed by atoms with van der Waals surface area (Å²) >= 11 is 0. The third-order valence-corrected chi connectivity index (χ3v) is 3.46. The number of aliphatic hydroxyl groups excluding tert-OH is 1. The molecule has 0 aliphatic heterocycles. The van der Waals surface area contributed by atoms with Crippen molar-refractivity contribution < 1.29 is 14.6 Å². The molecule has 3 heteroatoms. The van der Waals surface area contributed by atoms with Crippen LogP contribution in [0.2, 0.25) is 0 Å². The first-order valence-corrected chi connectivity index (χ1v) is 7.71. The van der Waals surface area contributed by atoms with E-state index in [4.69, 9.17) is 9.94 Å². The lowest BCUT2D eigenvalue weighted by molar-refractivity contribution is -1.08. The average molecular weight is 260 g/mol. The Hall–Kier alpha value is -0.120. The van der Waals surface area contributed by atoms with Gasteiger partial charge in [0.25, 0.3) is 0 Å². The highest BCUT2D eigenvalue weighted by Gasteiger charge is 2.14. The molecule has 0 saturated carbocycles. The molecule has 1 N–H and O–H groups in total. The van der Waals surface area contributed by atoms with Gasteiger partial charge >= 0.3 is 0 Å². The third kappa shape index (κ3) is 12.3. The number of aliphatic hydroxyl groups is 1. The zero-order chi connectivity index (χ0) is 13.7. The van der Waals surface area contributed by atoms with Crippen LogP contribution in [0.15, 0.2) is 0 Å². The van der Waals surface area contributed by atoms with E-state index in [9.17, 15) is 0 Å². The van der Waals surface area contributed by atoms with Gasteiger partial charge in [-0.1, -0.05) is 58.3 Å². The Bertz CT molecular complexity index is 172. The van der Waals surface area contributed by atoms with Crippen molar-refractivity contribution in [2.45, 2.75) is 71.1 Å². The lowest BCUT2D eigenvalue weighted by Crippen LogP contribution is -2.40. The van der Waals surface area contributed by atoms with E-state index in [0.717, 1.165) is 6.54 Å². The zero-order valence-electron chi connectivity index (χ0n) is 12.8. The highest BCUT2D eigenvalue weighted by molar-refractivity contribution is 4.47. The number of rotatable bonds is 13. The van der Waals surface area contributed by atoms with Gasteiger partial charge in [-0.2, -0.15) is 9.48 Å². The second kappa shape index (κ2) is 11.9. The summed E-state index contributed by atoms with van der Waals surface area (Å²) in [7, 11) is 3.98. The minimum absolute atomic E-state index is 0.190. The molecule has 0 aliphatic rings.